The Morgan fingerprint density at radius 3 is 2.00 bits per heavy atom. The first-order valence-electron chi connectivity index (χ1n) is 1.20. The van der Waals surface area contributed by atoms with Crippen LogP contribution in [0.4, 0.5) is 0 Å². The fraction of sp³-hybridized carbons (Fsp3) is 1.00. The van der Waals surface area contributed by atoms with Crippen molar-refractivity contribution >= 4 is 15.9 Å². The zero-order valence-electron chi connectivity index (χ0n) is 2.66. The molecular formula is C2H4BrZn. The van der Waals surface area contributed by atoms with Gasteiger partial charge in [0.1, 0.15) is 0 Å². The molecule has 0 aromatic heterocycles. The van der Waals surface area contributed by atoms with Crippen LogP contribution < -0.4 is 0 Å². The van der Waals surface area contributed by atoms with Crippen molar-refractivity contribution in [1.29, 1.82) is 0 Å². The second kappa shape index (κ2) is 2.35. The molecule has 0 amide bonds. The normalized spacial score (nSPS) is 16.0. The van der Waals surface area contributed by atoms with E-state index in [-0.39, 0.29) is 0 Å². The van der Waals surface area contributed by atoms with E-state index < -0.39 is 0 Å². The summed E-state index contributed by atoms with van der Waals surface area (Å²) < 4.78 is 0.771. The zero-order valence-corrected chi connectivity index (χ0v) is 7.22. The van der Waals surface area contributed by atoms with E-state index >= 15 is 0 Å². The minimum absolute atomic E-state index is 0.771. The molecule has 0 N–H and O–H groups in total. The molecule has 0 radical (unpaired) electrons. The van der Waals surface area contributed by atoms with E-state index in [2.05, 4.69) is 22.9 Å². The summed E-state index contributed by atoms with van der Waals surface area (Å²) in [7, 11) is 0. The van der Waals surface area contributed by atoms with Crippen molar-refractivity contribution in [3.63, 3.8) is 0 Å². The third-order valence-electron chi connectivity index (χ3n) is 0. The molecule has 0 aliphatic carbocycles. The first-order chi connectivity index (χ1) is 1.73. The molecule has 0 aromatic carbocycles. The topological polar surface area (TPSA) is 0 Å². The van der Waals surface area contributed by atoms with Gasteiger partial charge in [-0.1, -0.05) is 0 Å². The monoisotopic (exact) mass is 171 g/mol. The van der Waals surface area contributed by atoms with Crippen LogP contribution in [0.3, 0.4) is 0 Å². The van der Waals surface area contributed by atoms with Gasteiger partial charge < -0.3 is 0 Å². The van der Waals surface area contributed by atoms with Gasteiger partial charge in [-0.3, -0.25) is 0 Å². The fourth-order valence-electron chi connectivity index (χ4n) is 0. The maximum absolute atomic E-state index is 3.33. The van der Waals surface area contributed by atoms with Gasteiger partial charge in [-0.25, -0.2) is 0 Å². The second-order valence-corrected chi connectivity index (χ2v) is 7.42. The van der Waals surface area contributed by atoms with Gasteiger partial charge in [0.25, 0.3) is 0 Å². The maximum atomic E-state index is 3.33. The van der Waals surface area contributed by atoms with Gasteiger partial charge in [-0.2, -0.15) is 0 Å². The van der Waals surface area contributed by atoms with E-state index in [1.807, 2.05) is 0 Å². The zero-order chi connectivity index (χ0) is 3.58. The van der Waals surface area contributed by atoms with E-state index in [4.69, 9.17) is 0 Å². The van der Waals surface area contributed by atoms with E-state index in [0.29, 0.717) is 0 Å². The Morgan fingerprint density at radius 1 is 2.00 bits per heavy atom. The van der Waals surface area contributed by atoms with Crippen LogP contribution in [0, 0.1) is 0 Å². The van der Waals surface area contributed by atoms with Gasteiger partial charge in [0.05, 0.1) is 0 Å². The molecule has 2 heteroatoms. The van der Waals surface area contributed by atoms with Gasteiger partial charge in [0, 0.05) is 0 Å². The van der Waals surface area contributed by atoms with E-state index in [0.717, 1.165) is 3.42 Å². The molecule has 0 spiro atoms. The Labute approximate surface area is 44.8 Å². The van der Waals surface area contributed by atoms with Crippen LogP contribution in [0.15, 0.2) is 0 Å². The molecule has 0 bridgehead atoms. The standard InChI is InChI=1S/C2H4Br.Zn/c1-2-3;/h2H,1H3;. The summed E-state index contributed by atoms with van der Waals surface area (Å²) in [5, 5.41) is 0. The quantitative estimate of drug-likeness (QED) is 0.382. The summed E-state index contributed by atoms with van der Waals surface area (Å²) in [4.78, 5) is 0. The van der Waals surface area contributed by atoms with Gasteiger partial charge in [0.2, 0.25) is 0 Å². The van der Waals surface area contributed by atoms with E-state index in [1.165, 1.54) is 18.3 Å². The summed E-state index contributed by atoms with van der Waals surface area (Å²) in [5.41, 5.74) is 0. The van der Waals surface area contributed by atoms with Crippen LogP contribution in [0.5, 0.6) is 0 Å². The van der Waals surface area contributed by atoms with Gasteiger partial charge in [-0.15, -0.1) is 0 Å². The van der Waals surface area contributed by atoms with Crippen molar-refractivity contribution in [1.82, 2.24) is 0 Å². The number of hydrogen-bond acceptors (Lipinski definition) is 0. The molecule has 0 saturated heterocycles. The van der Waals surface area contributed by atoms with Crippen LogP contribution in [0.1, 0.15) is 6.92 Å². The van der Waals surface area contributed by atoms with E-state index in [9.17, 15) is 0 Å². The van der Waals surface area contributed by atoms with Crippen molar-refractivity contribution in [3.8, 4) is 0 Å². The van der Waals surface area contributed by atoms with Gasteiger partial charge >= 0.3 is 44.6 Å². The number of hydrogen-bond donors (Lipinski definition) is 0. The Balaban J connectivity index is 2.32. The summed E-state index contributed by atoms with van der Waals surface area (Å²) in [6.07, 6.45) is 0. The summed E-state index contributed by atoms with van der Waals surface area (Å²) in [6, 6.07) is 0. The van der Waals surface area contributed by atoms with Crippen LogP contribution in [-0.2, 0) is 18.3 Å². The average Bonchev–Trinajstić information content (AvgIpc) is 0.811. The molecule has 0 aromatic rings. The Bertz CT molecular complexity index is 10.8. The van der Waals surface area contributed by atoms with Crippen molar-refractivity contribution in [2.24, 2.45) is 0 Å². The second-order valence-electron chi connectivity index (χ2n) is 0.781. The molecule has 1 unspecified atom stereocenters. The van der Waals surface area contributed by atoms with Crippen LogP contribution in [0.2, 0.25) is 0 Å². The van der Waals surface area contributed by atoms with Crippen LogP contribution in [0.25, 0.3) is 0 Å². The van der Waals surface area contributed by atoms with Crippen LogP contribution >= 0.6 is 15.9 Å². The molecule has 21 valence electrons. The molecule has 0 aliphatic rings. The minimum atomic E-state index is 0.771. The Kier molecular flexibility index (Phi) is 2.99. The SMILES string of the molecule is C[CH]([Zn])Br. The molecule has 0 aliphatic heterocycles. The third kappa shape index (κ3) is 11.3. The summed E-state index contributed by atoms with van der Waals surface area (Å²) in [5.74, 6) is 0. The van der Waals surface area contributed by atoms with E-state index in [1.54, 1.807) is 0 Å². The predicted octanol–water partition coefficient (Wildman–Crippen LogP) is 1.27. The molecule has 0 nitrogen and oxygen atoms in total. The number of alkyl halides is 1. The predicted molar refractivity (Wildman–Crippen MR) is 18.4 cm³/mol. The molecular weight excluding hydrogens is 169 g/mol. The molecule has 0 heterocycles. The van der Waals surface area contributed by atoms with Crippen LogP contribution in [-0.4, -0.2) is 3.42 Å². The average molecular weight is 173 g/mol. The molecule has 0 rings (SSSR count). The molecule has 0 saturated carbocycles. The number of rotatable bonds is 0. The number of halogens is 1. The Morgan fingerprint density at radius 2 is 2.00 bits per heavy atom. The summed E-state index contributed by atoms with van der Waals surface area (Å²) >= 11 is 4.67. The molecule has 4 heavy (non-hydrogen) atoms. The van der Waals surface area contributed by atoms with Gasteiger partial charge in [0.15, 0.2) is 0 Å². The fourth-order valence-corrected chi connectivity index (χ4v) is 0. The first-order valence-corrected chi connectivity index (χ1v) is 3.83. The van der Waals surface area contributed by atoms with Crippen molar-refractivity contribution in [3.05, 3.63) is 0 Å². The van der Waals surface area contributed by atoms with Crippen molar-refractivity contribution in [2.75, 3.05) is 0 Å². The Hall–Kier alpha value is 1.10. The first kappa shape index (κ1) is 5.10. The van der Waals surface area contributed by atoms with Crippen molar-refractivity contribution in [2.45, 2.75) is 10.3 Å². The van der Waals surface area contributed by atoms with Crippen molar-refractivity contribution < 1.29 is 18.3 Å². The molecule has 1 atom stereocenters. The van der Waals surface area contributed by atoms with Gasteiger partial charge in [-0.05, 0) is 0 Å². The molecule has 0 fully saturated rings. The third-order valence-corrected chi connectivity index (χ3v) is 0. The summed E-state index contributed by atoms with van der Waals surface area (Å²) in [6.45, 7) is 2.14.